The number of aromatic amines is 1. The molecule has 0 fully saturated rings. The first-order valence-electron chi connectivity index (χ1n) is 6.61. The Labute approximate surface area is 122 Å². The molecule has 0 bridgehead atoms. The molecule has 0 aliphatic heterocycles. The molecule has 3 rings (SSSR count). The highest BCUT2D eigenvalue weighted by Gasteiger charge is 1.99. The van der Waals surface area contributed by atoms with E-state index in [1.807, 2.05) is 48.7 Å². The molecule has 0 aliphatic rings. The van der Waals surface area contributed by atoms with Gasteiger partial charge >= 0.3 is 0 Å². The van der Waals surface area contributed by atoms with Crippen LogP contribution in [0.2, 0.25) is 0 Å². The summed E-state index contributed by atoms with van der Waals surface area (Å²) in [5, 5.41) is 19.8. The van der Waals surface area contributed by atoms with E-state index >= 15 is 0 Å². The topological polar surface area (TPSA) is 73.7 Å². The van der Waals surface area contributed by atoms with Crippen LogP contribution in [0.5, 0.6) is 5.75 Å². The third-order valence-corrected chi connectivity index (χ3v) is 3.16. The van der Waals surface area contributed by atoms with Gasteiger partial charge in [-0.05, 0) is 35.9 Å². The summed E-state index contributed by atoms with van der Waals surface area (Å²) in [4.78, 5) is 0. The number of hydrogen-bond donors (Lipinski definition) is 2. The number of fused-ring (bicyclic) bond motifs is 1. The summed E-state index contributed by atoms with van der Waals surface area (Å²) in [6, 6.07) is 15.7. The highest BCUT2D eigenvalue weighted by Crippen LogP contribution is 2.18. The Bertz CT molecular complexity index is 771. The lowest BCUT2D eigenvalue weighted by Gasteiger charge is -2.07. The highest BCUT2D eigenvalue weighted by atomic mass is 16.5. The summed E-state index contributed by atoms with van der Waals surface area (Å²) in [5.74, 6) is 0.708. The van der Waals surface area contributed by atoms with Crippen molar-refractivity contribution in [1.82, 2.24) is 10.2 Å². The van der Waals surface area contributed by atoms with Crippen LogP contribution in [0.4, 0.5) is 5.69 Å². The summed E-state index contributed by atoms with van der Waals surface area (Å²) in [6.07, 6.45) is 1.81. The summed E-state index contributed by atoms with van der Waals surface area (Å²) < 4.78 is 5.22. The number of nitrogens with zero attached hydrogens (tertiary/aromatic N) is 2. The number of H-pyrrole nitrogens is 1. The second-order valence-corrected chi connectivity index (χ2v) is 4.62. The molecule has 0 saturated heterocycles. The predicted molar refractivity (Wildman–Crippen MR) is 81.0 cm³/mol. The maximum absolute atomic E-state index is 8.46. The van der Waals surface area contributed by atoms with Crippen LogP contribution in [0.1, 0.15) is 5.56 Å². The Morgan fingerprint density at radius 2 is 2.05 bits per heavy atom. The van der Waals surface area contributed by atoms with Crippen molar-refractivity contribution in [2.24, 2.45) is 0 Å². The molecule has 3 aromatic rings. The van der Waals surface area contributed by atoms with Crippen LogP contribution >= 0.6 is 0 Å². The van der Waals surface area contributed by atoms with Gasteiger partial charge in [-0.3, -0.25) is 5.10 Å². The molecule has 0 atom stereocenters. The first-order valence-corrected chi connectivity index (χ1v) is 6.61. The maximum Gasteiger partial charge on any atom is 0.174 e. The lowest BCUT2D eigenvalue weighted by atomic mass is 10.2. The van der Waals surface area contributed by atoms with E-state index in [0.717, 1.165) is 28.7 Å². The minimum absolute atomic E-state index is 0.0717. The Kier molecular flexibility index (Phi) is 3.70. The van der Waals surface area contributed by atoms with Crippen molar-refractivity contribution in [3.8, 4) is 11.8 Å². The number of benzene rings is 2. The van der Waals surface area contributed by atoms with Gasteiger partial charge in [-0.2, -0.15) is 10.4 Å². The summed E-state index contributed by atoms with van der Waals surface area (Å²) in [6.45, 7) is 0.796. The monoisotopic (exact) mass is 278 g/mol. The van der Waals surface area contributed by atoms with Crippen LogP contribution in [0.3, 0.4) is 0 Å². The van der Waals surface area contributed by atoms with Gasteiger partial charge in [0, 0.05) is 17.6 Å². The molecule has 0 unspecified atom stereocenters. The van der Waals surface area contributed by atoms with Crippen molar-refractivity contribution in [3.05, 3.63) is 54.2 Å². The molecule has 2 N–H and O–H groups in total. The lowest BCUT2D eigenvalue weighted by molar-refractivity contribution is 0.368. The fourth-order valence-corrected chi connectivity index (χ4v) is 2.08. The fraction of sp³-hybridized carbons (Fsp3) is 0.125. The third kappa shape index (κ3) is 3.12. The molecule has 0 radical (unpaired) electrons. The minimum atomic E-state index is 0.0717. The molecule has 0 saturated carbocycles. The Balaban J connectivity index is 1.62. The Morgan fingerprint density at radius 1 is 1.19 bits per heavy atom. The molecule has 104 valence electrons. The lowest BCUT2D eigenvalue weighted by Crippen LogP contribution is -1.99. The zero-order valence-corrected chi connectivity index (χ0v) is 11.3. The Morgan fingerprint density at radius 3 is 2.86 bits per heavy atom. The van der Waals surface area contributed by atoms with Crippen molar-refractivity contribution >= 4 is 16.6 Å². The molecular formula is C16H14N4O. The van der Waals surface area contributed by atoms with Crippen LogP contribution in [-0.2, 0) is 6.54 Å². The van der Waals surface area contributed by atoms with Gasteiger partial charge in [-0.15, -0.1) is 0 Å². The summed E-state index contributed by atoms with van der Waals surface area (Å²) >= 11 is 0. The number of aromatic nitrogens is 2. The SMILES string of the molecule is N#CCOc1ccc(CNc2ccc3[nH]ncc3c2)cc1. The molecule has 5 heteroatoms. The predicted octanol–water partition coefficient (Wildman–Crippen LogP) is 3.08. The quantitative estimate of drug-likeness (QED) is 0.752. The molecule has 1 heterocycles. The van der Waals surface area contributed by atoms with Crippen molar-refractivity contribution in [3.63, 3.8) is 0 Å². The average Bonchev–Trinajstić information content (AvgIpc) is 2.99. The molecule has 1 aromatic heterocycles. The van der Waals surface area contributed by atoms with Gasteiger partial charge < -0.3 is 10.1 Å². The number of nitriles is 1. The molecule has 0 amide bonds. The van der Waals surface area contributed by atoms with Crippen LogP contribution < -0.4 is 10.1 Å². The molecule has 0 aliphatic carbocycles. The van der Waals surface area contributed by atoms with Gasteiger partial charge in [0.1, 0.15) is 11.8 Å². The normalized spacial score (nSPS) is 10.2. The third-order valence-electron chi connectivity index (χ3n) is 3.16. The Hall–Kier alpha value is -3.00. The van der Waals surface area contributed by atoms with Crippen molar-refractivity contribution in [2.45, 2.75) is 6.54 Å². The second-order valence-electron chi connectivity index (χ2n) is 4.62. The molecule has 21 heavy (non-hydrogen) atoms. The van der Waals surface area contributed by atoms with E-state index in [0.29, 0.717) is 5.75 Å². The summed E-state index contributed by atoms with van der Waals surface area (Å²) in [5.41, 5.74) is 3.22. The van der Waals surface area contributed by atoms with Gasteiger partial charge in [-0.1, -0.05) is 12.1 Å². The molecule has 2 aromatic carbocycles. The maximum atomic E-state index is 8.46. The number of ether oxygens (including phenoxy) is 1. The van der Waals surface area contributed by atoms with E-state index in [1.165, 1.54) is 0 Å². The van der Waals surface area contributed by atoms with Gasteiger partial charge in [0.05, 0.1) is 11.7 Å². The van der Waals surface area contributed by atoms with Crippen LogP contribution in [0.25, 0.3) is 10.9 Å². The van der Waals surface area contributed by atoms with Crippen LogP contribution in [-0.4, -0.2) is 16.8 Å². The number of nitrogens with one attached hydrogen (secondary N) is 2. The molecule has 0 spiro atoms. The zero-order valence-electron chi connectivity index (χ0n) is 11.3. The van der Waals surface area contributed by atoms with E-state index in [-0.39, 0.29) is 6.61 Å². The van der Waals surface area contributed by atoms with Crippen molar-refractivity contribution < 1.29 is 4.74 Å². The smallest absolute Gasteiger partial charge is 0.174 e. The average molecular weight is 278 g/mol. The van der Waals surface area contributed by atoms with E-state index in [2.05, 4.69) is 21.6 Å². The second kappa shape index (κ2) is 5.97. The highest BCUT2D eigenvalue weighted by molar-refractivity contribution is 5.81. The largest absolute Gasteiger partial charge is 0.479 e. The van der Waals surface area contributed by atoms with Gasteiger partial charge in [0.2, 0.25) is 0 Å². The van der Waals surface area contributed by atoms with Gasteiger partial charge in [0.15, 0.2) is 6.61 Å². The van der Waals surface area contributed by atoms with E-state index in [1.54, 1.807) is 0 Å². The van der Waals surface area contributed by atoms with E-state index in [9.17, 15) is 0 Å². The van der Waals surface area contributed by atoms with Gasteiger partial charge in [0.25, 0.3) is 0 Å². The standard InChI is InChI=1S/C16H14N4O/c17-7-8-21-15-4-1-12(2-5-15)10-18-14-3-6-16-13(9-14)11-19-20-16/h1-6,9,11,18H,8,10H2,(H,19,20). The number of hydrogen-bond acceptors (Lipinski definition) is 4. The van der Waals surface area contributed by atoms with E-state index < -0.39 is 0 Å². The molecule has 5 nitrogen and oxygen atoms in total. The summed E-state index contributed by atoms with van der Waals surface area (Å²) in [7, 11) is 0. The first-order chi connectivity index (χ1) is 10.3. The zero-order chi connectivity index (χ0) is 14.5. The van der Waals surface area contributed by atoms with Crippen LogP contribution in [0.15, 0.2) is 48.7 Å². The van der Waals surface area contributed by atoms with Crippen molar-refractivity contribution in [1.29, 1.82) is 5.26 Å². The fourth-order valence-electron chi connectivity index (χ4n) is 2.08. The van der Waals surface area contributed by atoms with Gasteiger partial charge in [-0.25, -0.2) is 0 Å². The van der Waals surface area contributed by atoms with E-state index in [4.69, 9.17) is 10.00 Å². The van der Waals surface area contributed by atoms with Crippen LogP contribution in [0, 0.1) is 11.3 Å². The number of rotatable bonds is 5. The minimum Gasteiger partial charge on any atom is -0.479 e. The molecular weight excluding hydrogens is 264 g/mol. The van der Waals surface area contributed by atoms with Crippen molar-refractivity contribution in [2.75, 3.05) is 11.9 Å². The first kappa shape index (κ1) is 13.0. The number of anilines is 1.